The van der Waals surface area contributed by atoms with Gasteiger partial charge in [-0.2, -0.15) is 0 Å². The summed E-state index contributed by atoms with van der Waals surface area (Å²) in [6.45, 7) is 7.38. The van der Waals surface area contributed by atoms with Gasteiger partial charge >= 0.3 is 0 Å². The Morgan fingerprint density at radius 1 is 1.16 bits per heavy atom. The molecule has 0 bridgehead atoms. The molecule has 1 N–H and O–H groups in total. The highest BCUT2D eigenvalue weighted by molar-refractivity contribution is 8.14. The number of aliphatic imine (C=N–C) groups is 1. The topological polar surface area (TPSA) is 63.5 Å². The van der Waals surface area contributed by atoms with E-state index in [1.807, 2.05) is 19.0 Å². The Morgan fingerprint density at radius 3 is 2.28 bits per heavy atom. The van der Waals surface area contributed by atoms with Crippen molar-refractivity contribution in [2.45, 2.75) is 82.3 Å². The molecule has 146 valence electrons. The molecule has 0 saturated carbocycles. The molecule has 2 aliphatic rings. The maximum Gasteiger partial charge on any atom is 0.161 e. The molecule has 0 aromatic carbocycles. The summed E-state index contributed by atoms with van der Waals surface area (Å²) in [5.74, 6) is 0. The molecule has 2 aliphatic heterocycles. The highest BCUT2D eigenvalue weighted by atomic mass is 32.2. The highest BCUT2D eigenvalue weighted by Crippen LogP contribution is 2.40. The Kier molecular flexibility index (Phi) is 8.48. The van der Waals surface area contributed by atoms with Crippen molar-refractivity contribution >= 4 is 16.9 Å². The number of fused-ring (bicyclic) bond motifs is 1. The molecular weight excluding hydrogens is 340 g/mol. The summed E-state index contributed by atoms with van der Waals surface area (Å²) in [5, 5.41) is 11.2. The van der Waals surface area contributed by atoms with Crippen LogP contribution in [-0.2, 0) is 14.2 Å². The molecule has 7 heteroatoms. The van der Waals surface area contributed by atoms with Crippen LogP contribution in [0.2, 0.25) is 0 Å². The zero-order chi connectivity index (χ0) is 18.4. The summed E-state index contributed by atoms with van der Waals surface area (Å²) in [6, 6.07) is -0.0964. The Hall–Kier alpha value is -0.340. The second kappa shape index (κ2) is 10.1. The highest BCUT2D eigenvalue weighted by Gasteiger charge is 2.52. The van der Waals surface area contributed by atoms with E-state index in [0.717, 1.165) is 30.9 Å². The van der Waals surface area contributed by atoms with Gasteiger partial charge in [0, 0.05) is 27.3 Å². The molecule has 0 aromatic rings. The first-order valence-corrected chi connectivity index (χ1v) is 10.4. The van der Waals surface area contributed by atoms with E-state index in [4.69, 9.17) is 19.2 Å². The molecule has 1 fully saturated rings. The van der Waals surface area contributed by atoms with Crippen molar-refractivity contribution in [1.29, 1.82) is 0 Å². The van der Waals surface area contributed by atoms with Gasteiger partial charge in [0.05, 0.1) is 6.10 Å². The maximum atomic E-state index is 10.3. The van der Waals surface area contributed by atoms with Crippen LogP contribution >= 0.6 is 11.8 Å². The Morgan fingerprint density at radius 2 is 1.76 bits per heavy atom. The van der Waals surface area contributed by atoms with Gasteiger partial charge in [-0.25, -0.2) is 0 Å². The minimum atomic E-state index is -0.617. The van der Waals surface area contributed by atoms with Gasteiger partial charge in [-0.1, -0.05) is 38.5 Å². The summed E-state index contributed by atoms with van der Waals surface area (Å²) >= 11 is 1.60. The van der Waals surface area contributed by atoms with Crippen LogP contribution in [0.1, 0.15) is 46.5 Å². The molecule has 0 amide bonds. The van der Waals surface area contributed by atoms with Gasteiger partial charge in [-0.3, -0.25) is 4.99 Å². The lowest BCUT2D eigenvalue weighted by Gasteiger charge is -2.43. The lowest BCUT2D eigenvalue weighted by Crippen LogP contribution is -2.59. The number of aliphatic hydroxyl groups excluding tert-OH is 1. The van der Waals surface area contributed by atoms with Crippen LogP contribution in [0.5, 0.6) is 0 Å². The number of aliphatic hydroxyl groups is 1. The predicted octanol–water partition coefficient (Wildman–Crippen LogP) is 2.50. The van der Waals surface area contributed by atoms with Gasteiger partial charge in [0.2, 0.25) is 0 Å². The molecule has 6 nitrogen and oxygen atoms in total. The van der Waals surface area contributed by atoms with E-state index in [1.165, 1.54) is 0 Å². The molecule has 2 heterocycles. The standard InChI is InChI=1S/C18H34N2O4S/c1-6-8-10-22-15-13-17(25-18(19-13)20(4)5)24-14(12(3)21)16(15)23-11-9-7-2/h12-17,21H,6-11H2,1-5H3/t12?,13-,14-,15-,16-,17-/m1/s1. The summed E-state index contributed by atoms with van der Waals surface area (Å²) in [5.41, 5.74) is -0.130. The molecule has 1 unspecified atom stereocenters. The number of amidine groups is 1. The normalized spacial score (nSPS) is 33.0. The fourth-order valence-electron chi connectivity index (χ4n) is 3.06. The van der Waals surface area contributed by atoms with E-state index in [0.29, 0.717) is 13.2 Å². The van der Waals surface area contributed by atoms with E-state index in [-0.39, 0.29) is 23.7 Å². The van der Waals surface area contributed by atoms with E-state index < -0.39 is 12.2 Å². The molecule has 0 aromatic heterocycles. The van der Waals surface area contributed by atoms with E-state index in [2.05, 4.69) is 13.8 Å². The van der Waals surface area contributed by atoms with Crippen molar-refractivity contribution in [3.8, 4) is 0 Å². The first-order valence-electron chi connectivity index (χ1n) is 9.48. The number of thioether (sulfide) groups is 1. The lowest BCUT2D eigenvalue weighted by molar-refractivity contribution is -0.212. The Labute approximate surface area is 156 Å². The number of hydrogen-bond acceptors (Lipinski definition) is 7. The quantitative estimate of drug-likeness (QED) is 0.626. The van der Waals surface area contributed by atoms with E-state index in [9.17, 15) is 5.11 Å². The summed E-state index contributed by atoms with van der Waals surface area (Å²) in [7, 11) is 3.97. The summed E-state index contributed by atoms with van der Waals surface area (Å²) in [6.07, 6.45) is 2.65. The Balaban J connectivity index is 2.19. The molecule has 1 saturated heterocycles. The molecule has 0 spiro atoms. The van der Waals surface area contributed by atoms with Crippen molar-refractivity contribution in [2.24, 2.45) is 4.99 Å². The number of hydrogen-bond donors (Lipinski definition) is 1. The fourth-order valence-corrected chi connectivity index (χ4v) is 4.20. The van der Waals surface area contributed by atoms with Crippen LogP contribution in [0.3, 0.4) is 0 Å². The zero-order valence-electron chi connectivity index (χ0n) is 16.2. The van der Waals surface area contributed by atoms with Gasteiger partial charge in [0.1, 0.15) is 29.8 Å². The molecule has 25 heavy (non-hydrogen) atoms. The van der Waals surface area contributed by atoms with Gasteiger partial charge in [-0.15, -0.1) is 0 Å². The van der Waals surface area contributed by atoms with Crippen LogP contribution in [0.4, 0.5) is 0 Å². The molecule has 6 atom stereocenters. The van der Waals surface area contributed by atoms with Crippen LogP contribution in [0.15, 0.2) is 4.99 Å². The third-order valence-electron chi connectivity index (χ3n) is 4.51. The fraction of sp³-hybridized carbons (Fsp3) is 0.944. The predicted molar refractivity (Wildman–Crippen MR) is 102 cm³/mol. The summed E-state index contributed by atoms with van der Waals surface area (Å²) < 4.78 is 18.6. The van der Waals surface area contributed by atoms with Gasteiger partial charge in [-0.05, 0) is 19.8 Å². The first-order chi connectivity index (χ1) is 12.0. The first kappa shape index (κ1) is 21.0. The average Bonchev–Trinajstić information content (AvgIpc) is 3.00. The van der Waals surface area contributed by atoms with Crippen LogP contribution in [0, 0.1) is 0 Å². The smallest absolute Gasteiger partial charge is 0.161 e. The molecule has 2 rings (SSSR count). The second-order valence-electron chi connectivity index (χ2n) is 7.00. The van der Waals surface area contributed by atoms with Crippen molar-refractivity contribution in [3.63, 3.8) is 0 Å². The van der Waals surface area contributed by atoms with Crippen molar-refractivity contribution < 1.29 is 19.3 Å². The van der Waals surface area contributed by atoms with Crippen LogP contribution < -0.4 is 0 Å². The second-order valence-corrected chi connectivity index (χ2v) is 8.07. The van der Waals surface area contributed by atoms with E-state index in [1.54, 1.807) is 18.7 Å². The monoisotopic (exact) mass is 374 g/mol. The SMILES string of the molecule is CCCCO[C@@H]1[C@H]2N=C(N(C)C)S[C@H]2O[C@H](C(C)O)[C@H]1OCCCC. The minimum absolute atomic E-state index is 0.0964. The molecular formula is C18H34N2O4S. The van der Waals surface area contributed by atoms with Crippen molar-refractivity contribution in [2.75, 3.05) is 27.3 Å². The van der Waals surface area contributed by atoms with Crippen LogP contribution in [-0.4, -0.2) is 78.4 Å². The van der Waals surface area contributed by atoms with E-state index >= 15 is 0 Å². The zero-order valence-corrected chi connectivity index (χ0v) is 17.0. The van der Waals surface area contributed by atoms with Gasteiger partial charge < -0.3 is 24.2 Å². The van der Waals surface area contributed by atoms with Crippen molar-refractivity contribution in [1.82, 2.24) is 4.90 Å². The van der Waals surface area contributed by atoms with Gasteiger partial charge in [0.25, 0.3) is 0 Å². The van der Waals surface area contributed by atoms with Gasteiger partial charge in [0.15, 0.2) is 5.17 Å². The third kappa shape index (κ3) is 5.32. The van der Waals surface area contributed by atoms with Crippen LogP contribution in [0.25, 0.3) is 0 Å². The average molecular weight is 375 g/mol. The summed E-state index contributed by atoms with van der Waals surface area (Å²) in [4.78, 5) is 6.84. The molecule has 0 aliphatic carbocycles. The Bertz CT molecular complexity index is 433. The number of nitrogens with zero attached hydrogens (tertiary/aromatic N) is 2. The molecule has 0 radical (unpaired) electrons. The largest absolute Gasteiger partial charge is 0.391 e. The maximum absolute atomic E-state index is 10.3. The number of ether oxygens (including phenoxy) is 3. The third-order valence-corrected chi connectivity index (χ3v) is 5.81. The number of rotatable bonds is 9. The number of unbranched alkanes of at least 4 members (excludes halogenated alkanes) is 2. The lowest BCUT2D eigenvalue weighted by atomic mass is 9.94. The van der Waals surface area contributed by atoms with Crippen molar-refractivity contribution in [3.05, 3.63) is 0 Å². The minimum Gasteiger partial charge on any atom is -0.391 e.